The van der Waals surface area contributed by atoms with Crippen molar-refractivity contribution in [3.8, 4) is 0 Å². The highest BCUT2D eigenvalue weighted by Gasteiger charge is 2.34. The Morgan fingerprint density at radius 2 is 2.14 bits per heavy atom. The molecule has 2 atom stereocenters. The zero-order valence-electron chi connectivity index (χ0n) is 12.0. The second-order valence-electron chi connectivity index (χ2n) is 5.42. The predicted octanol–water partition coefficient (Wildman–Crippen LogP) is 1.55. The smallest absolute Gasteiger partial charge is 0.272 e. The fourth-order valence-corrected chi connectivity index (χ4v) is 4.79. The van der Waals surface area contributed by atoms with Crippen LogP contribution in [-0.4, -0.2) is 37.4 Å². The maximum atomic E-state index is 11.6. The van der Waals surface area contributed by atoms with Crippen LogP contribution in [0.15, 0.2) is 24.3 Å². The van der Waals surface area contributed by atoms with Crippen molar-refractivity contribution in [1.82, 2.24) is 5.32 Å². The maximum absolute atomic E-state index is 11.6. The van der Waals surface area contributed by atoms with Gasteiger partial charge in [0.15, 0.2) is 9.84 Å². The van der Waals surface area contributed by atoms with Gasteiger partial charge in [-0.3, -0.25) is 10.1 Å². The molecule has 0 aliphatic carbocycles. The lowest BCUT2D eigenvalue weighted by Crippen LogP contribution is -2.38. The average Bonchev–Trinajstić information content (AvgIpc) is 2.79. The molecule has 1 N–H and O–H groups in total. The van der Waals surface area contributed by atoms with Gasteiger partial charge in [-0.25, -0.2) is 8.42 Å². The Morgan fingerprint density at radius 1 is 1.43 bits per heavy atom. The Bertz CT molecular complexity index is 615. The number of para-hydroxylation sites is 1. The van der Waals surface area contributed by atoms with Gasteiger partial charge in [-0.2, -0.15) is 0 Å². The molecule has 2 rings (SSSR count). The quantitative estimate of drug-likeness (QED) is 0.636. The summed E-state index contributed by atoms with van der Waals surface area (Å²) in [7, 11) is -2.95. The lowest BCUT2D eigenvalue weighted by molar-refractivity contribution is -0.385. The number of rotatable bonds is 6. The first-order valence-corrected chi connectivity index (χ1v) is 8.91. The number of sulfone groups is 1. The molecular weight excluding hydrogens is 292 g/mol. The topological polar surface area (TPSA) is 89.3 Å². The lowest BCUT2D eigenvalue weighted by atomic mass is 9.92. The Hall–Kier alpha value is -1.47. The third-order valence-corrected chi connectivity index (χ3v) is 5.72. The number of nitro benzene ring substituents is 1. The number of nitro groups is 1. The zero-order valence-corrected chi connectivity index (χ0v) is 12.8. The van der Waals surface area contributed by atoms with Gasteiger partial charge >= 0.3 is 0 Å². The van der Waals surface area contributed by atoms with Gasteiger partial charge in [-0.05, 0) is 25.3 Å². The van der Waals surface area contributed by atoms with E-state index in [-0.39, 0.29) is 34.1 Å². The van der Waals surface area contributed by atoms with Crippen LogP contribution < -0.4 is 5.32 Å². The van der Waals surface area contributed by atoms with Gasteiger partial charge < -0.3 is 5.32 Å². The van der Waals surface area contributed by atoms with Crippen LogP contribution in [0.1, 0.15) is 18.9 Å². The van der Waals surface area contributed by atoms with Gasteiger partial charge in [0.1, 0.15) is 0 Å². The first kappa shape index (κ1) is 15.9. The van der Waals surface area contributed by atoms with Gasteiger partial charge in [0, 0.05) is 17.7 Å². The second kappa shape index (κ2) is 6.53. The number of likely N-dealkylation sites (N-methyl/N-ethyl adjacent to an activating group) is 1. The summed E-state index contributed by atoms with van der Waals surface area (Å²) < 4.78 is 23.3. The summed E-state index contributed by atoms with van der Waals surface area (Å²) in [6, 6.07) is 6.60. The van der Waals surface area contributed by atoms with Gasteiger partial charge in [0.2, 0.25) is 0 Å². The number of nitrogens with zero attached hydrogens (tertiary/aromatic N) is 1. The summed E-state index contributed by atoms with van der Waals surface area (Å²) in [6.07, 6.45) is 1.10. The standard InChI is InChI=1S/C14H20N2O4S/c1-2-15-13(12-7-8-21(19,20)10-12)9-11-5-3-4-6-14(11)16(17)18/h3-6,12-13,15H,2,7-10H2,1H3. The van der Waals surface area contributed by atoms with Crippen molar-refractivity contribution in [3.63, 3.8) is 0 Å². The van der Waals surface area contributed by atoms with Crippen molar-refractivity contribution in [3.05, 3.63) is 39.9 Å². The van der Waals surface area contributed by atoms with Crippen molar-refractivity contribution in [1.29, 1.82) is 0 Å². The highest BCUT2D eigenvalue weighted by molar-refractivity contribution is 7.91. The Morgan fingerprint density at radius 3 is 2.71 bits per heavy atom. The predicted molar refractivity (Wildman–Crippen MR) is 81.0 cm³/mol. The minimum absolute atomic E-state index is 0.0229. The first-order chi connectivity index (χ1) is 9.93. The molecule has 116 valence electrons. The van der Waals surface area contributed by atoms with Crippen LogP contribution >= 0.6 is 0 Å². The number of hydrogen-bond donors (Lipinski definition) is 1. The van der Waals surface area contributed by atoms with Crippen LogP contribution in [0, 0.1) is 16.0 Å². The van der Waals surface area contributed by atoms with E-state index in [1.54, 1.807) is 18.2 Å². The number of hydrogen-bond acceptors (Lipinski definition) is 5. The second-order valence-corrected chi connectivity index (χ2v) is 7.65. The van der Waals surface area contributed by atoms with Crippen LogP contribution in [0.2, 0.25) is 0 Å². The first-order valence-electron chi connectivity index (χ1n) is 7.09. The highest BCUT2D eigenvalue weighted by Crippen LogP contribution is 2.27. The zero-order chi connectivity index (χ0) is 15.5. The summed E-state index contributed by atoms with van der Waals surface area (Å²) in [6.45, 7) is 2.66. The van der Waals surface area contributed by atoms with E-state index in [9.17, 15) is 18.5 Å². The molecule has 0 saturated carbocycles. The van der Waals surface area contributed by atoms with E-state index in [4.69, 9.17) is 0 Å². The number of benzene rings is 1. The molecule has 1 saturated heterocycles. The number of nitrogens with one attached hydrogen (secondary N) is 1. The fraction of sp³-hybridized carbons (Fsp3) is 0.571. The van der Waals surface area contributed by atoms with Crippen molar-refractivity contribution in [2.75, 3.05) is 18.1 Å². The average molecular weight is 312 g/mol. The van der Waals surface area contributed by atoms with E-state index in [2.05, 4.69) is 5.32 Å². The van der Waals surface area contributed by atoms with Crippen LogP contribution in [0.5, 0.6) is 0 Å². The molecule has 1 aliphatic rings. The van der Waals surface area contributed by atoms with E-state index >= 15 is 0 Å². The summed E-state index contributed by atoms with van der Waals surface area (Å²) >= 11 is 0. The summed E-state index contributed by atoms with van der Waals surface area (Å²) in [5.74, 6) is 0.414. The van der Waals surface area contributed by atoms with Crippen LogP contribution in [0.4, 0.5) is 5.69 Å². The Balaban J connectivity index is 2.19. The Kier molecular flexibility index (Phi) is 4.95. The normalized spacial score (nSPS) is 22.0. The van der Waals surface area contributed by atoms with E-state index in [0.717, 1.165) is 0 Å². The molecule has 21 heavy (non-hydrogen) atoms. The van der Waals surface area contributed by atoms with E-state index < -0.39 is 9.84 Å². The fourth-order valence-electron chi connectivity index (χ4n) is 2.91. The molecule has 0 aromatic heterocycles. The van der Waals surface area contributed by atoms with Crippen LogP contribution in [0.3, 0.4) is 0 Å². The van der Waals surface area contributed by atoms with Gasteiger partial charge in [-0.15, -0.1) is 0 Å². The maximum Gasteiger partial charge on any atom is 0.272 e. The molecule has 0 spiro atoms. The molecule has 2 unspecified atom stereocenters. The van der Waals surface area contributed by atoms with Crippen LogP contribution in [-0.2, 0) is 16.3 Å². The van der Waals surface area contributed by atoms with Crippen LogP contribution in [0.25, 0.3) is 0 Å². The molecule has 1 aromatic rings. The third-order valence-electron chi connectivity index (χ3n) is 3.93. The molecule has 0 radical (unpaired) electrons. The molecule has 1 aliphatic heterocycles. The SMILES string of the molecule is CCNC(Cc1ccccc1[N+](=O)[O-])C1CCS(=O)(=O)C1. The minimum Gasteiger partial charge on any atom is -0.314 e. The third kappa shape index (κ3) is 4.01. The van der Waals surface area contributed by atoms with Crippen molar-refractivity contribution < 1.29 is 13.3 Å². The molecule has 0 amide bonds. The molecular formula is C14H20N2O4S. The largest absolute Gasteiger partial charge is 0.314 e. The van der Waals surface area contributed by atoms with Crippen molar-refractivity contribution in [2.45, 2.75) is 25.8 Å². The Labute approximate surface area is 124 Å². The molecule has 6 nitrogen and oxygen atoms in total. The molecule has 1 heterocycles. The van der Waals surface area contributed by atoms with Gasteiger partial charge in [0.05, 0.1) is 16.4 Å². The van der Waals surface area contributed by atoms with Gasteiger partial charge in [-0.1, -0.05) is 25.1 Å². The highest BCUT2D eigenvalue weighted by atomic mass is 32.2. The molecule has 0 bridgehead atoms. The monoisotopic (exact) mass is 312 g/mol. The summed E-state index contributed by atoms with van der Waals surface area (Å²) in [5, 5.41) is 14.4. The summed E-state index contributed by atoms with van der Waals surface area (Å²) in [4.78, 5) is 10.7. The van der Waals surface area contributed by atoms with E-state index in [1.807, 2.05) is 6.92 Å². The molecule has 7 heteroatoms. The summed E-state index contributed by atoms with van der Waals surface area (Å²) in [5.41, 5.74) is 0.749. The molecule has 1 aromatic carbocycles. The minimum atomic E-state index is -2.95. The lowest BCUT2D eigenvalue weighted by Gasteiger charge is -2.23. The van der Waals surface area contributed by atoms with E-state index in [0.29, 0.717) is 24.9 Å². The van der Waals surface area contributed by atoms with Gasteiger partial charge in [0.25, 0.3) is 5.69 Å². The van der Waals surface area contributed by atoms with Crippen molar-refractivity contribution in [2.24, 2.45) is 5.92 Å². The molecule has 1 fully saturated rings. The van der Waals surface area contributed by atoms with E-state index in [1.165, 1.54) is 6.07 Å². The van der Waals surface area contributed by atoms with Crippen molar-refractivity contribution >= 4 is 15.5 Å².